The summed E-state index contributed by atoms with van der Waals surface area (Å²) in [7, 11) is 0. The maximum atomic E-state index is 13.3. The van der Waals surface area contributed by atoms with E-state index >= 15 is 0 Å². The molecule has 0 spiro atoms. The molecule has 12 atom stereocenters. The summed E-state index contributed by atoms with van der Waals surface area (Å²) in [6, 6.07) is -0.825. The molecular formula is C69H133NO13. The van der Waals surface area contributed by atoms with Crippen LogP contribution in [0.1, 0.15) is 328 Å². The Bertz CT molecular complexity index is 1440. The molecule has 12 unspecified atom stereocenters. The van der Waals surface area contributed by atoms with Gasteiger partial charge in [0.1, 0.15) is 48.8 Å². The summed E-state index contributed by atoms with van der Waals surface area (Å²) < 4.78 is 22.9. The van der Waals surface area contributed by atoms with Crippen molar-refractivity contribution in [1.82, 2.24) is 5.32 Å². The van der Waals surface area contributed by atoms with Crippen molar-refractivity contribution >= 4 is 5.91 Å². The quantitative estimate of drug-likeness (QED) is 0.0204. The van der Waals surface area contributed by atoms with Crippen molar-refractivity contribution in [2.45, 2.75) is 402 Å². The summed E-state index contributed by atoms with van der Waals surface area (Å²) in [6.07, 6.45) is 49.5. The Labute approximate surface area is 507 Å². The smallest absolute Gasteiger partial charge is 0.220 e. The molecule has 0 aromatic carbocycles. The number of ether oxygens (including phenoxy) is 4. The van der Waals surface area contributed by atoms with Gasteiger partial charge in [-0.25, -0.2) is 0 Å². The fraction of sp³-hybridized carbons (Fsp3) is 0.957. The summed E-state index contributed by atoms with van der Waals surface area (Å²) >= 11 is 0. The van der Waals surface area contributed by atoms with Crippen molar-refractivity contribution in [3.63, 3.8) is 0 Å². The zero-order chi connectivity index (χ0) is 60.2. The van der Waals surface area contributed by atoms with Crippen LogP contribution in [0.15, 0.2) is 12.2 Å². The predicted octanol–water partition coefficient (Wildman–Crippen LogP) is 14.2. The van der Waals surface area contributed by atoms with Gasteiger partial charge in [0.05, 0.1) is 32.0 Å². The van der Waals surface area contributed by atoms with Crippen LogP contribution in [0.25, 0.3) is 0 Å². The third-order valence-electron chi connectivity index (χ3n) is 17.7. The molecule has 0 aromatic rings. The van der Waals surface area contributed by atoms with E-state index in [9.17, 15) is 45.6 Å². The van der Waals surface area contributed by atoms with Crippen LogP contribution in [0.4, 0.5) is 0 Å². The van der Waals surface area contributed by atoms with Crippen molar-refractivity contribution in [2.75, 3.05) is 19.8 Å². The topological polar surface area (TPSA) is 228 Å². The highest BCUT2D eigenvalue weighted by molar-refractivity contribution is 5.76. The van der Waals surface area contributed by atoms with Gasteiger partial charge in [-0.3, -0.25) is 4.79 Å². The third kappa shape index (κ3) is 39.4. The van der Waals surface area contributed by atoms with Gasteiger partial charge in [0.15, 0.2) is 12.6 Å². The molecule has 492 valence electrons. The maximum Gasteiger partial charge on any atom is 0.220 e. The first kappa shape index (κ1) is 77.8. The Morgan fingerprint density at radius 2 is 0.759 bits per heavy atom. The van der Waals surface area contributed by atoms with Gasteiger partial charge >= 0.3 is 0 Å². The number of carbonyl (C=O) groups is 1. The number of amides is 1. The molecule has 2 aliphatic heterocycles. The van der Waals surface area contributed by atoms with Gasteiger partial charge in [-0.2, -0.15) is 0 Å². The maximum absolute atomic E-state index is 13.3. The van der Waals surface area contributed by atoms with Crippen LogP contribution in [-0.4, -0.2) is 140 Å². The second-order valence-electron chi connectivity index (χ2n) is 25.4. The van der Waals surface area contributed by atoms with Crippen LogP contribution in [0, 0.1) is 0 Å². The predicted molar refractivity (Wildman–Crippen MR) is 337 cm³/mol. The molecule has 0 saturated carbocycles. The molecule has 2 aliphatic rings. The number of unbranched alkanes of at least 4 members (excludes halogenated alkanes) is 44. The monoisotopic (exact) mass is 1180 g/mol. The molecule has 14 heteroatoms. The first-order valence-corrected chi connectivity index (χ1v) is 35.4. The van der Waals surface area contributed by atoms with E-state index in [-0.39, 0.29) is 12.5 Å². The fourth-order valence-corrected chi connectivity index (χ4v) is 12.1. The van der Waals surface area contributed by atoms with Crippen LogP contribution in [-0.2, 0) is 23.7 Å². The largest absolute Gasteiger partial charge is 0.394 e. The number of carbonyl (C=O) groups excluding carboxylic acids is 1. The van der Waals surface area contributed by atoms with Crippen molar-refractivity contribution in [3.05, 3.63) is 12.2 Å². The van der Waals surface area contributed by atoms with E-state index in [4.69, 9.17) is 18.9 Å². The van der Waals surface area contributed by atoms with E-state index in [1.165, 1.54) is 250 Å². The summed E-state index contributed by atoms with van der Waals surface area (Å²) in [4.78, 5) is 13.3. The highest BCUT2D eigenvalue weighted by Crippen LogP contribution is 2.30. The van der Waals surface area contributed by atoms with Gasteiger partial charge in [0, 0.05) is 6.42 Å². The van der Waals surface area contributed by atoms with E-state index in [0.717, 1.165) is 51.4 Å². The second kappa shape index (κ2) is 54.8. The van der Waals surface area contributed by atoms with Crippen LogP contribution < -0.4 is 5.32 Å². The molecule has 83 heavy (non-hydrogen) atoms. The summed E-state index contributed by atoms with van der Waals surface area (Å²) in [5.74, 6) is -0.199. The van der Waals surface area contributed by atoms with Crippen molar-refractivity contribution in [1.29, 1.82) is 0 Å². The fourth-order valence-electron chi connectivity index (χ4n) is 12.1. The van der Waals surface area contributed by atoms with Crippen LogP contribution in [0.2, 0.25) is 0 Å². The zero-order valence-electron chi connectivity index (χ0n) is 53.5. The van der Waals surface area contributed by atoms with Gasteiger partial charge in [0.25, 0.3) is 0 Å². The molecule has 1 amide bonds. The van der Waals surface area contributed by atoms with E-state index < -0.39 is 86.8 Å². The Balaban J connectivity index is 1.63. The third-order valence-corrected chi connectivity index (χ3v) is 17.7. The summed E-state index contributed by atoms with van der Waals surface area (Å²) in [5, 5.41) is 87.6. The first-order valence-electron chi connectivity index (χ1n) is 35.4. The number of allylic oxidation sites excluding steroid dienone is 2. The normalized spacial score (nSPS) is 23.8. The van der Waals surface area contributed by atoms with Gasteiger partial charge in [0.2, 0.25) is 5.91 Å². The number of hydrogen-bond donors (Lipinski definition) is 9. The lowest BCUT2D eigenvalue weighted by atomic mass is 9.97. The van der Waals surface area contributed by atoms with E-state index in [1.54, 1.807) is 0 Å². The standard InChI is InChI=1S/C69H133NO13/c1-3-5-7-9-11-13-15-17-19-21-23-24-25-26-27-28-29-30-31-32-33-34-35-37-39-41-43-45-47-49-51-53-61(74)70-57(58(73)52-50-48-46-44-42-40-38-36-22-20-18-16-14-12-10-8-6-4-2)56-80-68-66(79)64(77)67(60(55-72)82-68)83-69-65(78)63(76)62(75)59(54-71)81-69/h21,23,57-60,62-69,71-73,75-79H,3-20,22,24-56H2,1-2H3,(H,70,74)/b23-21-. The minimum absolute atomic E-state index is 0.199. The van der Waals surface area contributed by atoms with E-state index in [1.807, 2.05) is 0 Å². The number of hydrogen-bond acceptors (Lipinski definition) is 13. The average molecular weight is 1180 g/mol. The van der Waals surface area contributed by atoms with Crippen LogP contribution >= 0.6 is 0 Å². The molecule has 0 radical (unpaired) electrons. The molecular weight excluding hydrogens is 1050 g/mol. The molecule has 2 fully saturated rings. The van der Waals surface area contributed by atoms with Gasteiger partial charge in [-0.05, 0) is 38.5 Å². The van der Waals surface area contributed by atoms with Crippen molar-refractivity contribution < 1.29 is 64.6 Å². The van der Waals surface area contributed by atoms with E-state index in [2.05, 4.69) is 31.3 Å². The van der Waals surface area contributed by atoms with Crippen LogP contribution in [0.3, 0.4) is 0 Å². The van der Waals surface area contributed by atoms with Gasteiger partial charge < -0.3 is 65.1 Å². The Hall–Kier alpha value is -1.27. The Kier molecular flexibility index (Phi) is 51.4. The van der Waals surface area contributed by atoms with Gasteiger partial charge in [-0.15, -0.1) is 0 Å². The molecule has 0 aliphatic carbocycles. The first-order chi connectivity index (χ1) is 40.6. The summed E-state index contributed by atoms with van der Waals surface area (Å²) in [6.45, 7) is 2.91. The molecule has 2 rings (SSSR count). The lowest BCUT2D eigenvalue weighted by Gasteiger charge is -2.46. The molecule has 0 bridgehead atoms. The molecule has 2 heterocycles. The molecule has 14 nitrogen and oxygen atoms in total. The number of aliphatic hydroxyl groups excluding tert-OH is 8. The number of nitrogens with one attached hydrogen (secondary N) is 1. The van der Waals surface area contributed by atoms with Crippen molar-refractivity contribution in [3.8, 4) is 0 Å². The number of rotatable bonds is 59. The molecule has 9 N–H and O–H groups in total. The van der Waals surface area contributed by atoms with Crippen LogP contribution in [0.5, 0.6) is 0 Å². The lowest BCUT2D eigenvalue weighted by molar-refractivity contribution is -0.359. The minimum atomic E-state index is -1.78. The summed E-state index contributed by atoms with van der Waals surface area (Å²) in [5.41, 5.74) is 0. The Morgan fingerprint density at radius 3 is 1.14 bits per heavy atom. The average Bonchev–Trinajstić information content (AvgIpc) is 3.64. The minimum Gasteiger partial charge on any atom is -0.394 e. The zero-order valence-corrected chi connectivity index (χ0v) is 53.5. The van der Waals surface area contributed by atoms with Gasteiger partial charge in [-0.1, -0.05) is 296 Å². The Morgan fingerprint density at radius 1 is 0.422 bits per heavy atom. The number of aliphatic hydroxyl groups is 8. The van der Waals surface area contributed by atoms with Crippen molar-refractivity contribution in [2.24, 2.45) is 0 Å². The SMILES string of the molecule is CCCCCCCCCC/C=C\CCCCCCCCCCCCCCCCCCCCCC(=O)NC(COC1OC(CO)C(OC2OC(CO)C(O)C(O)C2O)C(O)C1O)C(O)CCCCCCCCCCCCCCCCCCCC. The molecule has 0 aromatic heterocycles. The lowest BCUT2D eigenvalue weighted by Crippen LogP contribution is -2.65. The highest BCUT2D eigenvalue weighted by atomic mass is 16.7. The van der Waals surface area contributed by atoms with E-state index in [0.29, 0.717) is 12.8 Å². The molecule has 2 saturated heterocycles. The second-order valence-corrected chi connectivity index (χ2v) is 25.4. The highest BCUT2D eigenvalue weighted by Gasteiger charge is 2.51.